The molecule has 2 rings (SSSR count). The first-order chi connectivity index (χ1) is 7.75. The first-order valence-corrected chi connectivity index (χ1v) is 5.14. The summed E-state index contributed by atoms with van der Waals surface area (Å²) in [5.74, 6) is 0. The summed E-state index contributed by atoms with van der Waals surface area (Å²) in [6, 6.07) is 8.08. The highest BCUT2D eigenvalue weighted by Crippen LogP contribution is 2.13. The van der Waals surface area contributed by atoms with Crippen LogP contribution in [-0.2, 0) is 0 Å². The van der Waals surface area contributed by atoms with Gasteiger partial charge >= 0.3 is 0 Å². The zero-order valence-corrected chi connectivity index (χ0v) is 9.38. The molecule has 0 fully saturated rings. The molecular weight excluding hydrogens is 198 g/mol. The van der Waals surface area contributed by atoms with Crippen LogP contribution in [0.3, 0.4) is 0 Å². The monoisotopic (exact) mass is 211 g/mol. The number of aliphatic imine (C=N–C) groups is 1. The molecule has 0 radical (unpaired) electrons. The van der Waals surface area contributed by atoms with Crippen molar-refractivity contribution in [3.05, 3.63) is 54.1 Å². The second kappa shape index (κ2) is 4.66. The van der Waals surface area contributed by atoms with E-state index in [2.05, 4.69) is 21.9 Å². The lowest BCUT2D eigenvalue weighted by Crippen LogP contribution is -1.97. The Labute approximate surface area is 94.9 Å². The minimum atomic E-state index is 0.808. The molecule has 2 aromatic rings. The van der Waals surface area contributed by atoms with Crippen LogP contribution in [0.25, 0.3) is 0 Å². The number of benzene rings is 1. The Kier molecular flexibility index (Phi) is 3.05. The average Bonchev–Trinajstić information content (AvgIpc) is 2.33. The molecule has 0 aliphatic carbocycles. The molecule has 0 aliphatic rings. The Morgan fingerprint density at radius 3 is 2.50 bits per heavy atom. The summed E-state index contributed by atoms with van der Waals surface area (Å²) in [6.45, 7) is 3.99. The Morgan fingerprint density at radius 1 is 1.12 bits per heavy atom. The molecule has 16 heavy (non-hydrogen) atoms. The van der Waals surface area contributed by atoms with E-state index in [1.807, 2.05) is 31.2 Å². The molecule has 0 aliphatic heterocycles. The van der Waals surface area contributed by atoms with Gasteiger partial charge in [0.1, 0.15) is 5.69 Å². The van der Waals surface area contributed by atoms with Crippen molar-refractivity contribution >= 4 is 11.4 Å². The minimum Gasteiger partial charge on any atom is -0.261 e. The second-order valence-electron chi connectivity index (χ2n) is 3.62. The Hall–Kier alpha value is -2.03. The molecule has 1 aromatic heterocycles. The third kappa shape index (κ3) is 2.51. The minimum absolute atomic E-state index is 0.808. The van der Waals surface area contributed by atoms with Crippen molar-refractivity contribution in [2.45, 2.75) is 13.8 Å². The van der Waals surface area contributed by atoms with Gasteiger partial charge in [-0.3, -0.25) is 15.0 Å². The topological polar surface area (TPSA) is 38.1 Å². The van der Waals surface area contributed by atoms with Crippen LogP contribution in [0, 0.1) is 6.92 Å². The summed E-state index contributed by atoms with van der Waals surface area (Å²) in [7, 11) is 0. The van der Waals surface area contributed by atoms with E-state index in [-0.39, 0.29) is 0 Å². The SMILES string of the molecule is C/C(=N\c1ccc(C)cc1)c1cnccn1. The molecule has 0 saturated carbocycles. The van der Waals surface area contributed by atoms with Crippen LogP contribution in [0.1, 0.15) is 18.2 Å². The highest BCUT2D eigenvalue weighted by molar-refractivity contribution is 5.98. The van der Waals surface area contributed by atoms with E-state index in [1.54, 1.807) is 18.6 Å². The number of rotatable bonds is 2. The normalized spacial score (nSPS) is 11.5. The van der Waals surface area contributed by atoms with Crippen LogP contribution < -0.4 is 0 Å². The summed E-state index contributed by atoms with van der Waals surface area (Å²) in [4.78, 5) is 12.7. The van der Waals surface area contributed by atoms with E-state index < -0.39 is 0 Å². The van der Waals surface area contributed by atoms with E-state index in [9.17, 15) is 0 Å². The Bertz CT molecular complexity index is 486. The smallest absolute Gasteiger partial charge is 0.102 e. The molecule has 0 atom stereocenters. The third-order valence-corrected chi connectivity index (χ3v) is 2.26. The molecule has 3 heteroatoms. The largest absolute Gasteiger partial charge is 0.261 e. The molecule has 0 bridgehead atoms. The molecule has 0 saturated heterocycles. The molecule has 0 spiro atoms. The van der Waals surface area contributed by atoms with Gasteiger partial charge in [-0.25, -0.2) is 0 Å². The summed E-state index contributed by atoms with van der Waals surface area (Å²) in [6.07, 6.45) is 5.04. The molecule has 1 aromatic carbocycles. The zero-order valence-electron chi connectivity index (χ0n) is 9.38. The Morgan fingerprint density at radius 2 is 1.88 bits per heavy atom. The van der Waals surface area contributed by atoms with Crippen molar-refractivity contribution in [3.63, 3.8) is 0 Å². The summed E-state index contributed by atoms with van der Waals surface area (Å²) in [5.41, 5.74) is 3.85. The zero-order chi connectivity index (χ0) is 11.4. The number of hydrogen-bond donors (Lipinski definition) is 0. The van der Waals surface area contributed by atoms with Crippen LogP contribution in [0.2, 0.25) is 0 Å². The summed E-state index contributed by atoms with van der Waals surface area (Å²) < 4.78 is 0. The van der Waals surface area contributed by atoms with Gasteiger partial charge in [-0.1, -0.05) is 17.7 Å². The second-order valence-corrected chi connectivity index (χ2v) is 3.62. The van der Waals surface area contributed by atoms with Gasteiger partial charge in [-0.05, 0) is 26.0 Å². The first-order valence-electron chi connectivity index (χ1n) is 5.14. The molecule has 80 valence electrons. The fourth-order valence-corrected chi connectivity index (χ4v) is 1.36. The maximum absolute atomic E-state index is 4.48. The lowest BCUT2D eigenvalue weighted by atomic mass is 10.2. The number of aromatic nitrogens is 2. The van der Waals surface area contributed by atoms with Crippen molar-refractivity contribution in [1.29, 1.82) is 0 Å². The highest BCUT2D eigenvalue weighted by Gasteiger charge is 1.98. The van der Waals surface area contributed by atoms with Crippen molar-refractivity contribution in [1.82, 2.24) is 9.97 Å². The number of nitrogens with zero attached hydrogens (tertiary/aromatic N) is 3. The van der Waals surface area contributed by atoms with Gasteiger partial charge in [0.05, 0.1) is 17.6 Å². The van der Waals surface area contributed by atoms with Gasteiger partial charge in [0.15, 0.2) is 0 Å². The van der Waals surface area contributed by atoms with E-state index in [4.69, 9.17) is 0 Å². The third-order valence-electron chi connectivity index (χ3n) is 2.26. The van der Waals surface area contributed by atoms with E-state index in [0.29, 0.717) is 0 Å². The number of hydrogen-bond acceptors (Lipinski definition) is 3. The van der Waals surface area contributed by atoms with Gasteiger partial charge in [-0.15, -0.1) is 0 Å². The first kappa shape index (κ1) is 10.5. The van der Waals surface area contributed by atoms with Gasteiger partial charge < -0.3 is 0 Å². The molecule has 1 heterocycles. The molecular formula is C13H13N3. The highest BCUT2D eigenvalue weighted by atomic mass is 14.8. The maximum atomic E-state index is 4.48. The molecule has 3 nitrogen and oxygen atoms in total. The summed E-state index contributed by atoms with van der Waals surface area (Å²) >= 11 is 0. The van der Waals surface area contributed by atoms with Crippen molar-refractivity contribution in [2.75, 3.05) is 0 Å². The fourth-order valence-electron chi connectivity index (χ4n) is 1.36. The van der Waals surface area contributed by atoms with E-state index >= 15 is 0 Å². The van der Waals surface area contributed by atoms with Gasteiger partial charge in [-0.2, -0.15) is 0 Å². The van der Waals surface area contributed by atoms with Crippen molar-refractivity contribution in [3.8, 4) is 0 Å². The lowest BCUT2D eigenvalue weighted by molar-refractivity contribution is 1.17. The predicted molar refractivity (Wildman–Crippen MR) is 65.1 cm³/mol. The fraction of sp³-hybridized carbons (Fsp3) is 0.154. The van der Waals surface area contributed by atoms with E-state index in [1.165, 1.54) is 5.56 Å². The average molecular weight is 211 g/mol. The van der Waals surface area contributed by atoms with Gasteiger partial charge in [0.2, 0.25) is 0 Å². The van der Waals surface area contributed by atoms with E-state index in [0.717, 1.165) is 17.1 Å². The van der Waals surface area contributed by atoms with Gasteiger partial charge in [0, 0.05) is 12.4 Å². The summed E-state index contributed by atoms with van der Waals surface area (Å²) in [5, 5.41) is 0. The molecule has 0 unspecified atom stereocenters. The van der Waals surface area contributed by atoms with Crippen LogP contribution in [-0.4, -0.2) is 15.7 Å². The van der Waals surface area contributed by atoms with Crippen molar-refractivity contribution in [2.24, 2.45) is 4.99 Å². The van der Waals surface area contributed by atoms with Crippen LogP contribution in [0.15, 0.2) is 47.8 Å². The van der Waals surface area contributed by atoms with Crippen molar-refractivity contribution < 1.29 is 0 Å². The van der Waals surface area contributed by atoms with Crippen LogP contribution >= 0.6 is 0 Å². The molecule has 0 N–H and O–H groups in total. The lowest BCUT2D eigenvalue weighted by Gasteiger charge is -1.99. The van der Waals surface area contributed by atoms with Crippen LogP contribution in [0.4, 0.5) is 5.69 Å². The standard InChI is InChI=1S/C13H13N3/c1-10-3-5-12(6-4-10)16-11(2)13-9-14-7-8-15-13/h3-9H,1-2H3/b16-11+. The quantitative estimate of drug-likeness (QED) is 0.716. The number of aryl methyl sites for hydroxylation is 1. The van der Waals surface area contributed by atoms with Crippen LogP contribution in [0.5, 0.6) is 0 Å². The molecule has 0 amide bonds. The van der Waals surface area contributed by atoms with Gasteiger partial charge in [0.25, 0.3) is 0 Å². The Balaban J connectivity index is 2.28. The predicted octanol–water partition coefficient (Wildman–Crippen LogP) is 2.93. The maximum Gasteiger partial charge on any atom is 0.102 e.